The Labute approximate surface area is 70.0 Å². The van der Waals surface area contributed by atoms with Crippen LogP contribution in [0.3, 0.4) is 0 Å². The Balaban J connectivity index is 3.00. The van der Waals surface area contributed by atoms with Crippen LogP contribution in [-0.2, 0) is 4.74 Å². The Morgan fingerprint density at radius 2 is 1.67 bits per heavy atom. The lowest BCUT2D eigenvalue weighted by molar-refractivity contribution is 0.119. The predicted molar refractivity (Wildman–Crippen MR) is 41.8 cm³/mol. The second kappa shape index (κ2) is 3.63. The van der Waals surface area contributed by atoms with Gasteiger partial charge >= 0.3 is 0 Å². The molecule has 0 aliphatic carbocycles. The number of halogens is 2. The number of benzene rings is 1. The molecule has 1 rings (SSSR count). The molecule has 1 unspecified atom stereocenters. The van der Waals surface area contributed by atoms with E-state index in [0.29, 0.717) is 5.56 Å². The minimum Gasteiger partial charge on any atom is -0.377 e. The summed E-state index contributed by atoms with van der Waals surface area (Å²) in [4.78, 5) is 0. The molecule has 1 nitrogen and oxygen atoms in total. The molecule has 0 bridgehead atoms. The van der Waals surface area contributed by atoms with Gasteiger partial charge in [-0.3, -0.25) is 0 Å². The van der Waals surface area contributed by atoms with Crippen LogP contribution in [0.1, 0.15) is 18.6 Å². The normalized spacial score (nSPS) is 13.0. The molecule has 1 aromatic carbocycles. The van der Waals surface area contributed by atoms with Crippen LogP contribution in [-0.4, -0.2) is 7.11 Å². The van der Waals surface area contributed by atoms with E-state index in [1.165, 1.54) is 19.2 Å². The fourth-order valence-corrected chi connectivity index (χ4v) is 0.946. The first-order valence-corrected chi connectivity index (χ1v) is 3.62. The van der Waals surface area contributed by atoms with Crippen molar-refractivity contribution in [2.24, 2.45) is 0 Å². The van der Waals surface area contributed by atoms with Crippen LogP contribution in [0.2, 0.25) is 0 Å². The van der Waals surface area contributed by atoms with Crippen molar-refractivity contribution < 1.29 is 13.5 Å². The highest BCUT2D eigenvalue weighted by Crippen LogP contribution is 2.17. The van der Waals surface area contributed by atoms with E-state index < -0.39 is 11.6 Å². The van der Waals surface area contributed by atoms with E-state index in [-0.39, 0.29) is 6.10 Å². The summed E-state index contributed by atoms with van der Waals surface area (Å²) in [5.41, 5.74) is 0.509. The topological polar surface area (TPSA) is 9.23 Å². The molecule has 0 saturated heterocycles. The van der Waals surface area contributed by atoms with Gasteiger partial charge in [-0.05, 0) is 24.6 Å². The summed E-state index contributed by atoms with van der Waals surface area (Å²) < 4.78 is 30.2. The number of hydrogen-bond donors (Lipinski definition) is 0. The molecule has 0 radical (unpaired) electrons. The van der Waals surface area contributed by atoms with E-state index in [0.717, 1.165) is 6.07 Å². The van der Waals surface area contributed by atoms with E-state index in [1.807, 2.05) is 0 Å². The van der Waals surface area contributed by atoms with Gasteiger partial charge in [0, 0.05) is 13.2 Å². The zero-order valence-corrected chi connectivity index (χ0v) is 6.97. The fraction of sp³-hybridized carbons (Fsp3) is 0.333. The second-order valence-corrected chi connectivity index (χ2v) is 2.58. The smallest absolute Gasteiger partial charge is 0.126 e. The SMILES string of the molecule is COC(C)c1cc(F)cc(F)c1. The molecule has 0 aliphatic rings. The Morgan fingerprint density at radius 3 is 2.08 bits per heavy atom. The van der Waals surface area contributed by atoms with Gasteiger partial charge < -0.3 is 4.74 Å². The van der Waals surface area contributed by atoms with E-state index in [4.69, 9.17) is 4.74 Å². The van der Waals surface area contributed by atoms with Crippen molar-refractivity contribution in [3.8, 4) is 0 Å². The van der Waals surface area contributed by atoms with Crippen molar-refractivity contribution in [1.29, 1.82) is 0 Å². The van der Waals surface area contributed by atoms with Crippen LogP contribution in [0.4, 0.5) is 8.78 Å². The lowest BCUT2D eigenvalue weighted by Crippen LogP contribution is -1.97. The molecule has 3 heteroatoms. The molecule has 0 aromatic heterocycles. The van der Waals surface area contributed by atoms with Crippen molar-refractivity contribution in [3.05, 3.63) is 35.4 Å². The summed E-state index contributed by atoms with van der Waals surface area (Å²) in [5.74, 6) is -1.15. The average Bonchev–Trinajstić information content (AvgIpc) is 2.01. The summed E-state index contributed by atoms with van der Waals surface area (Å²) >= 11 is 0. The third kappa shape index (κ3) is 2.01. The van der Waals surface area contributed by atoms with Gasteiger partial charge in [0.2, 0.25) is 0 Å². The standard InChI is InChI=1S/C9H10F2O/c1-6(12-2)7-3-8(10)5-9(11)4-7/h3-6H,1-2H3. The lowest BCUT2D eigenvalue weighted by atomic mass is 10.1. The van der Waals surface area contributed by atoms with Gasteiger partial charge in [0.15, 0.2) is 0 Å². The summed E-state index contributed by atoms with van der Waals surface area (Å²) in [5, 5.41) is 0. The van der Waals surface area contributed by atoms with Gasteiger partial charge in [-0.2, -0.15) is 0 Å². The molecule has 0 fully saturated rings. The van der Waals surface area contributed by atoms with Crippen molar-refractivity contribution >= 4 is 0 Å². The van der Waals surface area contributed by atoms with E-state index >= 15 is 0 Å². The molecule has 1 aromatic rings. The van der Waals surface area contributed by atoms with Crippen LogP contribution in [0, 0.1) is 11.6 Å². The molecule has 0 amide bonds. The zero-order chi connectivity index (χ0) is 9.14. The maximum Gasteiger partial charge on any atom is 0.126 e. The second-order valence-electron chi connectivity index (χ2n) is 2.58. The quantitative estimate of drug-likeness (QED) is 0.666. The predicted octanol–water partition coefficient (Wildman–Crippen LogP) is 2.67. The minimum atomic E-state index is -0.575. The van der Waals surface area contributed by atoms with Crippen LogP contribution < -0.4 is 0 Å². The molecule has 12 heavy (non-hydrogen) atoms. The molecule has 0 aliphatic heterocycles. The maximum atomic E-state index is 12.6. The molecule has 0 saturated carbocycles. The highest BCUT2D eigenvalue weighted by molar-refractivity contribution is 5.19. The number of hydrogen-bond acceptors (Lipinski definition) is 1. The van der Waals surface area contributed by atoms with Gasteiger partial charge in [-0.15, -0.1) is 0 Å². The minimum absolute atomic E-state index is 0.282. The van der Waals surface area contributed by atoms with Crippen molar-refractivity contribution in [3.63, 3.8) is 0 Å². The molecule has 66 valence electrons. The first-order chi connectivity index (χ1) is 5.63. The highest BCUT2D eigenvalue weighted by Gasteiger charge is 2.06. The Morgan fingerprint density at radius 1 is 1.17 bits per heavy atom. The summed E-state index contributed by atoms with van der Waals surface area (Å²) in [6.07, 6.45) is -0.282. The van der Waals surface area contributed by atoms with Crippen LogP contribution in [0.25, 0.3) is 0 Å². The Kier molecular flexibility index (Phi) is 2.76. The molecule has 0 N–H and O–H groups in total. The van der Waals surface area contributed by atoms with Gasteiger partial charge in [-0.1, -0.05) is 0 Å². The number of rotatable bonds is 2. The van der Waals surface area contributed by atoms with Crippen molar-refractivity contribution in [1.82, 2.24) is 0 Å². The number of methoxy groups -OCH3 is 1. The van der Waals surface area contributed by atoms with Gasteiger partial charge in [-0.25, -0.2) is 8.78 Å². The lowest BCUT2D eigenvalue weighted by Gasteiger charge is -2.09. The van der Waals surface area contributed by atoms with Gasteiger partial charge in [0.05, 0.1) is 6.10 Å². The Bertz CT molecular complexity index is 253. The summed E-state index contributed by atoms with van der Waals surface area (Å²) in [6.45, 7) is 1.73. The zero-order valence-electron chi connectivity index (χ0n) is 6.97. The molecule has 0 heterocycles. The van der Waals surface area contributed by atoms with Gasteiger partial charge in [0.1, 0.15) is 11.6 Å². The third-order valence-corrected chi connectivity index (χ3v) is 1.71. The molecule has 0 spiro atoms. The van der Waals surface area contributed by atoms with Crippen molar-refractivity contribution in [2.45, 2.75) is 13.0 Å². The first kappa shape index (κ1) is 9.13. The van der Waals surface area contributed by atoms with Crippen LogP contribution in [0.5, 0.6) is 0 Å². The molecular weight excluding hydrogens is 162 g/mol. The number of ether oxygens (including phenoxy) is 1. The third-order valence-electron chi connectivity index (χ3n) is 1.71. The van der Waals surface area contributed by atoms with Crippen molar-refractivity contribution in [2.75, 3.05) is 7.11 Å². The average molecular weight is 172 g/mol. The van der Waals surface area contributed by atoms with E-state index in [2.05, 4.69) is 0 Å². The van der Waals surface area contributed by atoms with Crippen LogP contribution >= 0.6 is 0 Å². The summed E-state index contributed by atoms with van der Waals surface area (Å²) in [7, 11) is 1.49. The van der Waals surface area contributed by atoms with Crippen LogP contribution in [0.15, 0.2) is 18.2 Å². The molecule has 1 atom stereocenters. The monoisotopic (exact) mass is 172 g/mol. The van der Waals surface area contributed by atoms with E-state index in [9.17, 15) is 8.78 Å². The summed E-state index contributed by atoms with van der Waals surface area (Å²) in [6, 6.07) is 3.36. The maximum absolute atomic E-state index is 12.6. The first-order valence-electron chi connectivity index (χ1n) is 3.62. The molecular formula is C9H10F2O. The van der Waals surface area contributed by atoms with Gasteiger partial charge in [0.25, 0.3) is 0 Å². The highest BCUT2D eigenvalue weighted by atomic mass is 19.1. The van der Waals surface area contributed by atoms with E-state index in [1.54, 1.807) is 6.92 Å². The Hall–Kier alpha value is -0.960. The fourth-order valence-electron chi connectivity index (χ4n) is 0.946. The largest absolute Gasteiger partial charge is 0.377 e.